The standard InChI is InChI=1S/C20H24N2O3/c1-14-8-10-16(11-9-14)21-20(23)15(2)22(3)12-17-13-24-18-6-4-5-7-19(18)25-17/h4-11,15,17H,12-13H2,1-3H3,(H,21,23)/t15-,17+/m1/s1. The van der Waals surface area contributed by atoms with Crippen molar-refractivity contribution in [2.24, 2.45) is 0 Å². The van der Waals surface area contributed by atoms with Crippen molar-refractivity contribution in [2.45, 2.75) is 26.0 Å². The first-order chi connectivity index (χ1) is 12.0. The van der Waals surface area contributed by atoms with Crippen molar-refractivity contribution >= 4 is 11.6 Å². The Morgan fingerprint density at radius 3 is 2.60 bits per heavy atom. The largest absolute Gasteiger partial charge is 0.486 e. The number of anilines is 1. The summed E-state index contributed by atoms with van der Waals surface area (Å²) in [6.45, 7) is 5.00. The minimum absolute atomic E-state index is 0.0384. The van der Waals surface area contributed by atoms with Crippen LogP contribution in [0.3, 0.4) is 0 Å². The molecule has 0 saturated carbocycles. The van der Waals surface area contributed by atoms with Gasteiger partial charge in [-0.1, -0.05) is 29.8 Å². The summed E-state index contributed by atoms with van der Waals surface area (Å²) in [7, 11) is 1.92. The van der Waals surface area contributed by atoms with Crippen LogP contribution >= 0.6 is 0 Å². The first kappa shape index (κ1) is 17.3. The van der Waals surface area contributed by atoms with Crippen LogP contribution in [0.25, 0.3) is 0 Å². The van der Waals surface area contributed by atoms with Gasteiger partial charge in [0.05, 0.1) is 6.04 Å². The fourth-order valence-electron chi connectivity index (χ4n) is 2.72. The number of rotatable bonds is 5. The van der Waals surface area contributed by atoms with Gasteiger partial charge in [-0.15, -0.1) is 0 Å². The Hall–Kier alpha value is -2.53. The van der Waals surface area contributed by atoms with Gasteiger partial charge in [-0.05, 0) is 45.2 Å². The van der Waals surface area contributed by atoms with Crippen LogP contribution in [0.4, 0.5) is 5.69 Å². The number of carbonyl (C=O) groups is 1. The Labute approximate surface area is 148 Å². The molecule has 0 fully saturated rings. The van der Waals surface area contributed by atoms with Crippen molar-refractivity contribution < 1.29 is 14.3 Å². The predicted molar refractivity (Wildman–Crippen MR) is 98.3 cm³/mol. The fourth-order valence-corrected chi connectivity index (χ4v) is 2.72. The van der Waals surface area contributed by atoms with Crippen LogP contribution in [-0.2, 0) is 4.79 Å². The number of benzene rings is 2. The molecule has 1 amide bonds. The van der Waals surface area contributed by atoms with Crippen LogP contribution in [-0.4, -0.2) is 43.2 Å². The first-order valence-electron chi connectivity index (χ1n) is 8.49. The van der Waals surface area contributed by atoms with Crippen LogP contribution < -0.4 is 14.8 Å². The molecule has 5 heteroatoms. The Bertz CT molecular complexity index is 730. The molecule has 1 N–H and O–H groups in total. The molecule has 25 heavy (non-hydrogen) atoms. The van der Waals surface area contributed by atoms with Gasteiger partial charge in [-0.25, -0.2) is 0 Å². The van der Waals surface area contributed by atoms with Crippen molar-refractivity contribution in [2.75, 3.05) is 25.5 Å². The number of hydrogen-bond donors (Lipinski definition) is 1. The lowest BCUT2D eigenvalue weighted by Gasteiger charge is -2.31. The molecule has 1 aliphatic rings. The number of nitrogens with zero attached hydrogens (tertiary/aromatic N) is 1. The summed E-state index contributed by atoms with van der Waals surface area (Å²) in [4.78, 5) is 14.4. The number of amides is 1. The highest BCUT2D eigenvalue weighted by Gasteiger charge is 2.26. The molecule has 0 unspecified atom stereocenters. The lowest BCUT2D eigenvalue weighted by atomic mass is 10.2. The maximum Gasteiger partial charge on any atom is 0.241 e. The van der Waals surface area contributed by atoms with Gasteiger partial charge in [-0.2, -0.15) is 0 Å². The number of para-hydroxylation sites is 2. The number of hydrogen-bond acceptors (Lipinski definition) is 4. The maximum atomic E-state index is 12.5. The normalized spacial score (nSPS) is 17.2. The Morgan fingerprint density at radius 1 is 1.20 bits per heavy atom. The van der Waals surface area contributed by atoms with E-state index >= 15 is 0 Å². The second-order valence-corrected chi connectivity index (χ2v) is 6.47. The van der Waals surface area contributed by atoms with E-state index in [1.807, 2.05) is 74.3 Å². The number of carbonyl (C=O) groups excluding carboxylic acids is 1. The van der Waals surface area contributed by atoms with E-state index in [1.54, 1.807) is 0 Å². The second kappa shape index (κ2) is 7.57. The van der Waals surface area contributed by atoms with Crippen LogP contribution in [0.5, 0.6) is 11.5 Å². The van der Waals surface area contributed by atoms with Crippen molar-refractivity contribution in [1.82, 2.24) is 4.90 Å². The second-order valence-electron chi connectivity index (χ2n) is 6.47. The lowest BCUT2D eigenvalue weighted by molar-refractivity contribution is -0.120. The molecule has 2 aromatic carbocycles. The van der Waals surface area contributed by atoms with E-state index in [0.29, 0.717) is 13.2 Å². The van der Waals surface area contributed by atoms with E-state index < -0.39 is 0 Å². The molecule has 3 rings (SSSR count). The zero-order valence-electron chi connectivity index (χ0n) is 14.9. The van der Waals surface area contributed by atoms with E-state index in [-0.39, 0.29) is 18.1 Å². The van der Waals surface area contributed by atoms with Crippen molar-refractivity contribution in [1.29, 1.82) is 0 Å². The third-order valence-electron chi connectivity index (χ3n) is 4.42. The Morgan fingerprint density at radius 2 is 1.88 bits per heavy atom. The molecular formula is C20H24N2O3. The molecule has 0 bridgehead atoms. The van der Waals surface area contributed by atoms with E-state index in [4.69, 9.17) is 9.47 Å². The Balaban J connectivity index is 1.54. The van der Waals surface area contributed by atoms with E-state index in [2.05, 4.69) is 5.32 Å². The lowest BCUT2D eigenvalue weighted by Crippen LogP contribution is -2.46. The van der Waals surface area contributed by atoms with Crippen molar-refractivity contribution in [3.63, 3.8) is 0 Å². The minimum Gasteiger partial charge on any atom is -0.486 e. The van der Waals surface area contributed by atoms with E-state index in [1.165, 1.54) is 0 Å². The molecule has 0 spiro atoms. The molecule has 5 nitrogen and oxygen atoms in total. The first-order valence-corrected chi connectivity index (χ1v) is 8.49. The predicted octanol–water partition coefficient (Wildman–Crippen LogP) is 3.09. The molecule has 0 aromatic heterocycles. The number of nitrogens with one attached hydrogen (secondary N) is 1. The van der Waals surface area contributed by atoms with Crippen LogP contribution in [0, 0.1) is 6.92 Å². The molecule has 1 aliphatic heterocycles. The zero-order chi connectivity index (χ0) is 17.8. The summed E-state index contributed by atoms with van der Waals surface area (Å²) < 4.78 is 11.7. The van der Waals surface area contributed by atoms with Gasteiger partial charge in [-0.3, -0.25) is 9.69 Å². The van der Waals surface area contributed by atoms with Crippen LogP contribution in [0.15, 0.2) is 48.5 Å². The van der Waals surface area contributed by atoms with Gasteiger partial charge in [0.1, 0.15) is 12.7 Å². The highest BCUT2D eigenvalue weighted by atomic mass is 16.6. The average molecular weight is 340 g/mol. The molecule has 2 atom stereocenters. The summed E-state index contributed by atoms with van der Waals surface area (Å²) in [6, 6.07) is 15.1. The van der Waals surface area contributed by atoms with Gasteiger partial charge in [0.15, 0.2) is 11.5 Å². The Kier molecular flexibility index (Phi) is 5.24. The van der Waals surface area contributed by atoms with Crippen LogP contribution in [0.1, 0.15) is 12.5 Å². The number of ether oxygens (including phenoxy) is 2. The molecule has 1 heterocycles. The van der Waals surface area contributed by atoms with E-state index in [9.17, 15) is 4.79 Å². The van der Waals surface area contributed by atoms with Gasteiger partial charge in [0.2, 0.25) is 5.91 Å². The summed E-state index contributed by atoms with van der Waals surface area (Å²) in [6.07, 6.45) is -0.102. The van der Waals surface area contributed by atoms with Crippen molar-refractivity contribution in [3.8, 4) is 11.5 Å². The smallest absolute Gasteiger partial charge is 0.241 e. The monoisotopic (exact) mass is 340 g/mol. The SMILES string of the molecule is Cc1ccc(NC(=O)[C@@H](C)N(C)C[C@H]2COc3ccccc3O2)cc1. The number of aryl methyl sites for hydroxylation is 1. The average Bonchev–Trinajstić information content (AvgIpc) is 2.62. The molecule has 0 aliphatic carbocycles. The molecule has 2 aromatic rings. The quantitative estimate of drug-likeness (QED) is 0.909. The highest BCUT2D eigenvalue weighted by Crippen LogP contribution is 2.31. The molecule has 0 radical (unpaired) electrons. The molecule has 0 saturated heterocycles. The highest BCUT2D eigenvalue weighted by molar-refractivity contribution is 5.94. The third-order valence-corrected chi connectivity index (χ3v) is 4.42. The molecular weight excluding hydrogens is 316 g/mol. The summed E-state index contributed by atoms with van der Waals surface area (Å²) >= 11 is 0. The molecule has 132 valence electrons. The third kappa shape index (κ3) is 4.31. The van der Waals surface area contributed by atoms with E-state index in [0.717, 1.165) is 22.7 Å². The zero-order valence-corrected chi connectivity index (χ0v) is 14.9. The topological polar surface area (TPSA) is 50.8 Å². The fraction of sp³-hybridized carbons (Fsp3) is 0.350. The van der Waals surface area contributed by atoms with Crippen molar-refractivity contribution in [3.05, 3.63) is 54.1 Å². The summed E-state index contributed by atoms with van der Waals surface area (Å²) in [5.74, 6) is 1.49. The van der Waals surface area contributed by atoms with Gasteiger partial charge >= 0.3 is 0 Å². The van der Waals surface area contributed by atoms with Gasteiger partial charge in [0, 0.05) is 12.2 Å². The number of likely N-dealkylation sites (N-methyl/N-ethyl adjacent to an activating group) is 1. The number of fused-ring (bicyclic) bond motifs is 1. The summed E-state index contributed by atoms with van der Waals surface area (Å²) in [5, 5.41) is 2.95. The van der Waals surface area contributed by atoms with Gasteiger partial charge < -0.3 is 14.8 Å². The van der Waals surface area contributed by atoms with Gasteiger partial charge in [0.25, 0.3) is 0 Å². The van der Waals surface area contributed by atoms with Crippen LogP contribution in [0.2, 0.25) is 0 Å². The maximum absolute atomic E-state index is 12.5. The summed E-state index contributed by atoms with van der Waals surface area (Å²) in [5.41, 5.74) is 1.97. The minimum atomic E-state index is -0.276.